The fourth-order valence-corrected chi connectivity index (χ4v) is 2.53. The summed E-state index contributed by atoms with van der Waals surface area (Å²) in [5.41, 5.74) is 0. The Kier molecular flexibility index (Phi) is 5.91. The highest BCUT2D eigenvalue weighted by molar-refractivity contribution is 5.77. The highest BCUT2D eigenvalue weighted by atomic mass is 16.5. The van der Waals surface area contributed by atoms with E-state index in [1.165, 1.54) is 19.3 Å². The molecule has 0 bridgehead atoms. The van der Waals surface area contributed by atoms with Crippen molar-refractivity contribution in [2.75, 3.05) is 6.61 Å². The van der Waals surface area contributed by atoms with E-state index in [1.54, 1.807) is 0 Å². The number of carbonyl (C=O) groups is 1. The van der Waals surface area contributed by atoms with Crippen molar-refractivity contribution >= 4 is 5.91 Å². The summed E-state index contributed by atoms with van der Waals surface area (Å²) in [6.07, 6.45) is 7.78. The molecule has 1 saturated carbocycles. The molecule has 1 aliphatic rings. The largest absolute Gasteiger partial charge is 0.368 e. The van der Waals surface area contributed by atoms with E-state index >= 15 is 0 Å². The van der Waals surface area contributed by atoms with Crippen molar-refractivity contribution in [2.24, 2.45) is 0 Å². The van der Waals surface area contributed by atoms with Gasteiger partial charge >= 0.3 is 0 Å². The van der Waals surface area contributed by atoms with Crippen molar-refractivity contribution < 1.29 is 9.53 Å². The van der Waals surface area contributed by atoms with E-state index in [2.05, 4.69) is 32.9 Å². The maximum Gasteiger partial charge on any atom is 0.246 e. The molecule has 1 aromatic rings. The van der Waals surface area contributed by atoms with Gasteiger partial charge in [0.2, 0.25) is 5.91 Å². The molecule has 0 radical (unpaired) electrons. The molecule has 20 heavy (non-hydrogen) atoms. The Labute approximate surface area is 118 Å². The Morgan fingerprint density at radius 1 is 1.45 bits per heavy atom. The van der Waals surface area contributed by atoms with Gasteiger partial charge in [-0.3, -0.25) is 4.79 Å². The molecule has 1 aromatic heterocycles. The minimum atomic E-state index is -0.193. The number of ether oxygens (including phenoxy) is 1. The first-order valence-electron chi connectivity index (χ1n) is 7.44. The number of nitrogens with zero attached hydrogens (tertiary/aromatic N) is 3. The van der Waals surface area contributed by atoms with Gasteiger partial charge < -0.3 is 10.1 Å². The second kappa shape index (κ2) is 7.94. The number of tetrazole rings is 1. The maximum absolute atomic E-state index is 11.9. The Bertz CT molecular complexity index is 389. The van der Waals surface area contributed by atoms with Crippen LogP contribution in [0.3, 0.4) is 0 Å². The fraction of sp³-hybridized carbons (Fsp3) is 0.846. The van der Waals surface area contributed by atoms with Gasteiger partial charge in [0.1, 0.15) is 6.61 Å². The number of rotatable bonds is 7. The molecule has 0 aliphatic heterocycles. The highest BCUT2D eigenvalue weighted by Gasteiger charge is 2.19. The van der Waals surface area contributed by atoms with Crippen LogP contribution in [0.1, 0.15) is 63.7 Å². The minimum absolute atomic E-state index is 0.112. The van der Waals surface area contributed by atoms with Gasteiger partial charge in [-0.25, -0.2) is 0 Å². The molecule has 1 heterocycles. The quantitative estimate of drug-likeness (QED) is 0.790. The molecule has 7 nitrogen and oxygen atoms in total. The molecule has 1 aliphatic carbocycles. The van der Waals surface area contributed by atoms with Gasteiger partial charge in [-0.2, -0.15) is 5.21 Å². The fourth-order valence-electron chi connectivity index (χ4n) is 2.53. The van der Waals surface area contributed by atoms with Crippen molar-refractivity contribution in [3.8, 4) is 0 Å². The molecule has 2 N–H and O–H groups in total. The highest BCUT2D eigenvalue weighted by Crippen LogP contribution is 2.20. The van der Waals surface area contributed by atoms with E-state index in [9.17, 15) is 4.79 Å². The average molecular weight is 281 g/mol. The lowest BCUT2D eigenvalue weighted by molar-refractivity contribution is -0.129. The number of carbonyl (C=O) groups excluding carboxylic acids is 1. The monoisotopic (exact) mass is 281 g/mol. The lowest BCUT2D eigenvalue weighted by atomic mass is 9.98. The molecule has 0 aromatic carbocycles. The van der Waals surface area contributed by atoms with Crippen LogP contribution in [-0.4, -0.2) is 39.2 Å². The van der Waals surface area contributed by atoms with E-state index in [0.29, 0.717) is 5.82 Å². The standard InChI is InChI=1S/C13H23N5O2/c1-2-6-11(13-15-17-18-16-13)14-12(19)9-20-10-7-4-3-5-8-10/h10-11H,2-9H2,1H3,(H,14,19)(H,15,16,17,18)/t11-/m1/s1. The Hall–Kier alpha value is -1.50. The number of aromatic amines is 1. The summed E-state index contributed by atoms with van der Waals surface area (Å²) in [5.74, 6) is 0.414. The maximum atomic E-state index is 11.9. The summed E-state index contributed by atoms with van der Waals surface area (Å²) in [7, 11) is 0. The van der Waals surface area contributed by atoms with E-state index in [0.717, 1.165) is 25.7 Å². The first kappa shape index (κ1) is 14.9. The van der Waals surface area contributed by atoms with Crippen LogP contribution >= 0.6 is 0 Å². The molecule has 1 atom stereocenters. The second-order valence-corrected chi connectivity index (χ2v) is 5.25. The number of hydrogen-bond donors (Lipinski definition) is 2. The normalized spacial score (nSPS) is 17.9. The van der Waals surface area contributed by atoms with E-state index in [4.69, 9.17) is 4.74 Å². The topological polar surface area (TPSA) is 92.8 Å². The van der Waals surface area contributed by atoms with Crippen molar-refractivity contribution in [3.63, 3.8) is 0 Å². The van der Waals surface area contributed by atoms with Gasteiger partial charge in [0.25, 0.3) is 0 Å². The van der Waals surface area contributed by atoms with Crippen LogP contribution in [-0.2, 0) is 9.53 Å². The SMILES string of the molecule is CCC[C@@H](NC(=O)COC1CCCCC1)c1nn[nH]n1. The lowest BCUT2D eigenvalue weighted by Crippen LogP contribution is -2.34. The minimum Gasteiger partial charge on any atom is -0.368 e. The van der Waals surface area contributed by atoms with Crippen LogP contribution in [0.4, 0.5) is 0 Å². The summed E-state index contributed by atoms with van der Waals surface area (Å²) >= 11 is 0. The number of aromatic nitrogens is 4. The van der Waals surface area contributed by atoms with Gasteiger partial charge in [0.05, 0.1) is 12.1 Å². The predicted octanol–water partition coefficient (Wildman–Crippen LogP) is 1.51. The van der Waals surface area contributed by atoms with Crippen molar-refractivity contribution in [1.29, 1.82) is 0 Å². The summed E-state index contributed by atoms with van der Waals surface area (Å²) in [6, 6.07) is -0.193. The Balaban J connectivity index is 1.76. The zero-order chi connectivity index (χ0) is 14.2. The third kappa shape index (κ3) is 4.56. The summed E-state index contributed by atoms with van der Waals surface area (Å²) in [5, 5.41) is 16.7. The molecular weight excluding hydrogens is 258 g/mol. The van der Waals surface area contributed by atoms with E-state index < -0.39 is 0 Å². The summed E-state index contributed by atoms with van der Waals surface area (Å²) < 4.78 is 5.66. The van der Waals surface area contributed by atoms with Crippen LogP contribution in [0, 0.1) is 0 Å². The molecular formula is C13H23N5O2. The average Bonchev–Trinajstić information content (AvgIpc) is 3.00. The zero-order valence-electron chi connectivity index (χ0n) is 12.0. The molecule has 1 fully saturated rings. The van der Waals surface area contributed by atoms with Gasteiger partial charge in [-0.1, -0.05) is 37.8 Å². The molecule has 1 amide bonds. The third-order valence-electron chi connectivity index (χ3n) is 3.59. The summed E-state index contributed by atoms with van der Waals surface area (Å²) in [4.78, 5) is 11.9. The smallest absolute Gasteiger partial charge is 0.246 e. The molecule has 2 rings (SSSR count). The van der Waals surface area contributed by atoms with Gasteiger partial charge in [-0.05, 0) is 19.3 Å². The number of nitrogens with one attached hydrogen (secondary N) is 2. The van der Waals surface area contributed by atoms with Crippen molar-refractivity contribution in [1.82, 2.24) is 25.9 Å². The van der Waals surface area contributed by atoms with Crippen molar-refractivity contribution in [3.05, 3.63) is 5.82 Å². The third-order valence-corrected chi connectivity index (χ3v) is 3.59. The number of hydrogen-bond acceptors (Lipinski definition) is 5. The summed E-state index contributed by atoms with van der Waals surface area (Å²) in [6.45, 7) is 2.17. The number of H-pyrrole nitrogens is 1. The van der Waals surface area contributed by atoms with Gasteiger partial charge in [0, 0.05) is 0 Å². The van der Waals surface area contributed by atoms with E-state index in [-0.39, 0.29) is 24.7 Å². The second-order valence-electron chi connectivity index (χ2n) is 5.25. The van der Waals surface area contributed by atoms with Crippen LogP contribution in [0.15, 0.2) is 0 Å². The molecule has 0 unspecified atom stereocenters. The lowest BCUT2D eigenvalue weighted by Gasteiger charge is -2.22. The predicted molar refractivity (Wildman–Crippen MR) is 72.8 cm³/mol. The molecule has 112 valence electrons. The number of amides is 1. The molecule has 7 heteroatoms. The molecule has 0 spiro atoms. The first-order valence-corrected chi connectivity index (χ1v) is 7.44. The van der Waals surface area contributed by atoms with Crippen LogP contribution in [0.25, 0.3) is 0 Å². The molecule has 0 saturated heterocycles. The Morgan fingerprint density at radius 2 is 2.25 bits per heavy atom. The van der Waals surface area contributed by atoms with Crippen molar-refractivity contribution in [2.45, 2.75) is 64.0 Å². The zero-order valence-corrected chi connectivity index (χ0v) is 12.0. The Morgan fingerprint density at radius 3 is 2.90 bits per heavy atom. The van der Waals surface area contributed by atoms with Gasteiger partial charge in [0.15, 0.2) is 5.82 Å². The van der Waals surface area contributed by atoms with Gasteiger partial charge in [-0.15, -0.1) is 10.2 Å². The van der Waals surface area contributed by atoms with E-state index in [1.807, 2.05) is 0 Å². The van der Waals surface area contributed by atoms with Crippen LogP contribution < -0.4 is 5.32 Å². The van der Waals surface area contributed by atoms with Crippen LogP contribution in [0.5, 0.6) is 0 Å². The first-order chi connectivity index (χ1) is 9.79. The van der Waals surface area contributed by atoms with Crippen LogP contribution in [0.2, 0.25) is 0 Å².